The maximum atomic E-state index is 17.1. The smallest absolute Gasteiger partial charge is 0.407 e. The highest BCUT2D eigenvalue weighted by Gasteiger charge is 2.48. The van der Waals surface area contributed by atoms with Crippen molar-refractivity contribution in [2.45, 2.75) is 75.7 Å². The Hall–Kier alpha value is -3.55. The molecule has 0 radical (unpaired) electrons. The van der Waals surface area contributed by atoms with E-state index in [1.54, 1.807) is 18.5 Å². The van der Waals surface area contributed by atoms with Gasteiger partial charge in [-0.1, -0.05) is 25.4 Å². The molecule has 6 aliphatic heterocycles. The molecule has 8 heterocycles. The molecule has 10 rings (SSSR count). The molecule has 3 unspecified atom stereocenters. The summed E-state index contributed by atoms with van der Waals surface area (Å²) in [5.74, 6) is -0.210. The van der Waals surface area contributed by atoms with E-state index in [4.69, 9.17) is 31.1 Å². The molecule has 14 heteroatoms. The van der Waals surface area contributed by atoms with Crippen molar-refractivity contribution in [3.63, 3.8) is 0 Å². The number of anilines is 1. The van der Waals surface area contributed by atoms with E-state index >= 15 is 4.39 Å². The van der Waals surface area contributed by atoms with Gasteiger partial charge in [-0.3, -0.25) is 15.0 Å². The molecule has 3 saturated heterocycles. The molecular formula is C34H41ClF2N8O3. The maximum absolute atomic E-state index is 17.1. The van der Waals surface area contributed by atoms with Crippen molar-refractivity contribution >= 4 is 40.1 Å². The summed E-state index contributed by atoms with van der Waals surface area (Å²) in [6, 6.07) is 1.79. The standard InChI is InChI=1S/C32H35ClF2N8O3.C2H6/c33-21-10-22-19(12-37-41-22)24-23(21)18-9-17(18)13-45-30(44)40-31(14-34)5-8-42(15-31)28-20-11-36-27(24)25(35)26(20)38-29(39-28)46-16-32-3-1-6-43(32)7-2-4-32;1-2/h10-12,17-18,29,38H,1-9,13-16H2,(H,37,41)(H,40,44);1-2H3/t17?,18?,29?,31-;/m0./s1. The second kappa shape index (κ2) is 12.1. The number of aromatic amines is 1. The number of ether oxygens (including phenoxy) is 2. The number of aromatic nitrogens is 3. The van der Waals surface area contributed by atoms with E-state index in [1.165, 1.54) is 0 Å². The number of carbonyl (C=O) groups is 1. The summed E-state index contributed by atoms with van der Waals surface area (Å²) in [6.07, 6.45) is 7.15. The van der Waals surface area contributed by atoms with Crippen LogP contribution in [0.3, 0.4) is 0 Å². The van der Waals surface area contributed by atoms with E-state index in [2.05, 4.69) is 25.7 Å². The monoisotopic (exact) mass is 682 g/mol. The number of nitrogens with zero attached hydrogens (tertiary/aromatic N) is 5. The van der Waals surface area contributed by atoms with Crippen LogP contribution >= 0.6 is 11.6 Å². The lowest BCUT2D eigenvalue weighted by molar-refractivity contribution is 0.00202. The van der Waals surface area contributed by atoms with Crippen molar-refractivity contribution in [1.29, 1.82) is 0 Å². The molecule has 1 aromatic carbocycles. The molecule has 1 saturated carbocycles. The normalized spacial score (nSPS) is 28.4. The summed E-state index contributed by atoms with van der Waals surface area (Å²) in [4.78, 5) is 27.0. The fraction of sp³-hybridized carbons (Fsp3) is 0.588. The highest BCUT2D eigenvalue weighted by Crippen LogP contribution is 2.55. The number of benzene rings is 1. The Labute approximate surface area is 282 Å². The summed E-state index contributed by atoms with van der Waals surface area (Å²) >= 11 is 6.88. The molecule has 6 bridgehead atoms. The molecule has 3 N–H and O–H groups in total. The van der Waals surface area contributed by atoms with Crippen molar-refractivity contribution in [2.24, 2.45) is 10.9 Å². The van der Waals surface area contributed by atoms with Crippen molar-refractivity contribution in [2.75, 3.05) is 51.4 Å². The average Bonchev–Trinajstić information content (AvgIpc) is 3.49. The lowest BCUT2D eigenvalue weighted by atomic mass is 9.94. The minimum atomic E-state index is -1.16. The van der Waals surface area contributed by atoms with Crippen molar-refractivity contribution in [1.82, 2.24) is 30.3 Å². The minimum absolute atomic E-state index is 0.0268. The van der Waals surface area contributed by atoms with Crippen LogP contribution in [0.15, 0.2) is 23.5 Å². The van der Waals surface area contributed by atoms with Gasteiger partial charge in [0.15, 0.2) is 5.82 Å². The Kier molecular flexibility index (Phi) is 7.99. The van der Waals surface area contributed by atoms with E-state index in [0.29, 0.717) is 58.9 Å². The van der Waals surface area contributed by atoms with Gasteiger partial charge in [0, 0.05) is 46.7 Å². The molecule has 1 amide bonds. The zero-order chi connectivity index (χ0) is 33.2. The third-order valence-corrected chi connectivity index (χ3v) is 11.4. The summed E-state index contributed by atoms with van der Waals surface area (Å²) in [7, 11) is 0. The van der Waals surface area contributed by atoms with Crippen molar-refractivity contribution in [3.8, 4) is 11.3 Å². The summed E-state index contributed by atoms with van der Waals surface area (Å²) in [5.41, 5.74) is 1.59. The van der Waals surface area contributed by atoms with Gasteiger partial charge in [-0.15, -0.1) is 0 Å². The number of nitrogens with one attached hydrogen (secondary N) is 3. The van der Waals surface area contributed by atoms with Gasteiger partial charge in [-0.25, -0.2) is 18.6 Å². The SMILES string of the molecule is CC.O=C1N[C@]2(CF)CCN(C2)C2=NC(OCC34CCCN3CCC4)Nc3c2cnc(c3F)-c2c(c(Cl)cc3[nH]ncc23)C2CC2CO1. The number of amidine groups is 1. The lowest BCUT2D eigenvalue weighted by Gasteiger charge is -2.35. The highest BCUT2D eigenvalue weighted by molar-refractivity contribution is 6.33. The van der Waals surface area contributed by atoms with Gasteiger partial charge in [0.25, 0.3) is 0 Å². The summed E-state index contributed by atoms with van der Waals surface area (Å²) in [5, 5.41) is 14.4. The molecule has 256 valence electrons. The lowest BCUT2D eigenvalue weighted by Crippen LogP contribution is -2.53. The molecule has 4 fully saturated rings. The number of halogens is 3. The van der Waals surface area contributed by atoms with E-state index in [1.807, 2.05) is 18.7 Å². The first kappa shape index (κ1) is 31.7. The van der Waals surface area contributed by atoms with Crippen LogP contribution in [0, 0.1) is 11.7 Å². The molecule has 3 aromatic rings. The first-order valence-corrected chi connectivity index (χ1v) is 17.6. The third kappa shape index (κ3) is 5.11. The molecule has 2 aromatic heterocycles. The Morgan fingerprint density at radius 3 is 2.77 bits per heavy atom. The van der Waals surface area contributed by atoms with Crippen molar-refractivity contribution < 1.29 is 23.0 Å². The van der Waals surface area contributed by atoms with Gasteiger partial charge < -0.3 is 25.0 Å². The van der Waals surface area contributed by atoms with Crippen LogP contribution in [0.25, 0.3) is 22.2 Å². The van der Waals surface area contributed by atoms with E-state index in [-0.39, 0.29) is 41.9 Å². The minimum Gasteiger partial charge on any atom is -0.449 e. The number of amides is 1. The average molecular weight is 683 g/mol. The van der Waals surface area contributed by atoms with Gasteiger partial charge in [0.05, 0.1) is 41.7 Å². The number of hydrogen-bond donors (Lipinski definition) is 3. The number of alkyl carbamates (subject to hydrolysis) is 1. The Morgan fingerprint density at radius 1 is 1.17 bits per heavy atom. The summed E-state index contributed by atoms with van der Waals surface area (Å²) in [6.45, 7) is 6.48. The third-order valence-electron chi connectivity index (χ3n) is 11.1. The van der Waals surface area contributed by atoms with Gasteiger partial charge in [0.2, 0.25) is 6.35 Å². The predicted molar refractivity (Wildman–Crippen MR) is 179 cm³/mol. The largest absolute Gasteiger partial charge is 0.449 e. The molecular weight excluding hydrogens is 642 g/mol. The topological polar surface area (TPSA) is 120 Å². The quantitative estimate of drug-likeness (QED) is 0.316. The van der Waals surface area contributed by atoms with Crippen LogP contribution in [0.2, 0.25) is 5.02 Å². The fourth-order valence-electron chi connectivity index (χ4n) is 8.54. The number of hydrogen-bond acceptors (Lipinski definition) is 9. The number of fused-ring (bicyclic) bond motifs is 6. The van der Waals surface area contributed by atoms with Crippen LogP contribution in [-0.4, -0.2) is 100 Å². The number of pyridine rings is 1. The molecule has 0 spiro atoms. The van der Waals surface area contributed by atoms with Crippen molar-refractivity contribution in [3.05, 3.63) is 40.4 Å². The van der Waals surface area contributed by atoms with Crippen LogP contribution < -0.4 is 10.6 Å². The first-order chi connectivity index (χ1) is 23.4. The van der Waals surface area contributed by atoms with E-state index < -0.39 is 30.5 Å². The fourth-order valence-corrected chi connectivity index (χ4v) is 8.89. The molecule has 7 aliphatic rings. The number of carbonyl (C=O) groups excluding carboxylic acids is 1. The van der Waals surface area contributed by atoms with Crippen LogP contribution in [0.1, 0.15) is 69.4 Å². The van der Waals surface area contributed by atoms with Gasteiger partial charge in [-0.05, 0) is 69.2 Å². The second-order valence-electron chi connectivity index (χ2n) is 13.8. The molecule has 48 heavy (non-hydrogen) atoms. The number of H-pyrrole nitrogens is 1. The maximum Gasteiger partial charge on any atom is 0.407 e. The van der Waals surface area contributed by atoms with Crippen LogP contribution in [-0.2, 0) is 9.47 Å². The Morgan fingerprint density at radius 2 is 1.98 bits per heavy atom. The number of aliphatic imine (C=N–C) groups is 1. The summed E-state index contributed by atoms with van der Waals surface area (Å²) < 4.78 is 43.9. The zero-order valence-corrected chi connectivity index (χ0v) is 28.0. The van der Waals surface area contributed by atoms with Crippen LogP contribution in [0.5, 0.6) is 0 Å². The van der Waals surface area contributed by atoms with E-state index in [9.17, 15) is 9.18 Å². The molecule has 11 nitrogen and oxygen atoms in total. The van der Waals surface area contributed by atoms with Gasteiger partial charge in [-0.2, -0.15) is 5.10 Å². The Balaban J connectivity index is 0.00000165. The number of alkyl halides is 1. The van der Waals surface area contributed by atoms with Gasteiger partial charge in [0.1, 0.15) is 18.2 Å². The molecule has 1 aliphatic carbocycles. The zero-order valence-electron chi connectivity index (χ0n) is 27.3. The van der Waals surface area contributed by atoms with Gasteiger partial charge >= 0.3 is 6.09 Å². The second-order valence-corrected chi connectivity index (χ2v) is 14.2. The highest BCUT2D eigenvalue weighted by atomic mass is 35.5. The molecule has 4 atom stereocenters. The predicted octanol–water partition coefficient (Wildman–Crippen LogP) is 5.80. The van der Waals surface area contributed by atoms with Crippen LogP contribution in [0.4, 0.5) is 19.3 Å². The van der Waals surface area contributed by atoms with E-state index in [0.717, 1.165) is 44.3 Å². The Bertz CT molecular complexity index is 1780. The first-order valence-electron chi connectivity index (χ1n) is 17.2. The number of rotatable bonds is 4.